The van der Waals surface area contributed by atoms with Crippen molar-refractivity contribution in [3.05, 3.63) is 30.4 Å². The topological polar surface area (TPSA) is 74.8 Å². The Kier molecular flexibility index (Phi) is 4.15. The van der Waals surface area contributed by atoms with E-state index in [9.17, 15) is 4.79 Å². The van der Waals surface area contributed by atoms with E-state index in [2.05, 4.69) is 20.2 Å². The van der Waals surface area contributed by atoms with Crippen molar-refractivity contribution in [1.82, 2.24) is 25.1 Å². The lowest BCUT2D eigenvalue weighted by Crippen LogP contribution is -2.44. The van der Waals surface area contributed by atoms with Crippen molar-refractivity contribution in [3.8, 4) is 11.4 Å². The largest absolute Gasteiger partial charge is 0.342 e. The molecule has 6 heteroatoms. The molecule has 3 rings (SSSR count). The van der Waals surface area contributed by atoms with Crippen LogP contribution in [0.25, 0.3) is 11.4 Å². The third-order valence-electron chi connectivity index (χ3n) is 4.22. The van der Waals surface area contributed by atoms with E-state index in [0.29, 0.717) is 6.54 Å². The van der Waals surface area contributed by atoms with Gasteiger partial charge in [0.15, 0.2) is 0 Å². The number of rotatable bonds is 2. The third-order valence-corrected chi connectivity index (χ3v) is 4.22. The number of nitrogens with one attached hydrogen (secondary N) is 1. The number of nitrogens with zero attached hydrogens (tertiary/aromatic N) is 4. The van der Waals surface area contributed by atoms with E-state index in [-0.39, 0.29) is 17.2 Å². The molecule has 3 heterocycles. The molecule has 1 fully saturated rings. The van der Waals surface area contributed by atoms with Gasteiger partial charge in [-0.1, -0.05) is 20.8 Å². The summed E-state index contributed by atoms with van der Waals surface area (Å²) in [6.07, 6.45) is 7.14. The first-order chi connectivity index (χ1) is 11.0. The summed E-state index contributed by atoms with van der Waals surface area (Å²) in [6, 6.07) is 1.90. The molecule has 0 aliphatic carbocycles. The molecule has 0 bridgehead atoms. The standard InChI is InChI=1S/C17H23N5O/c1-17(2,3)16(23)22-10-4-5-12(11-22)14-15(19-9-8-18-14)13-6-7-20-21-13/h6-9,12H,4-5,10-11H2,1-3H3,(H,20,21). The lowest BCUT2D eigenvalue weighted by Gasteiger charge is -2.36. The molecule has 6 nitrogen and oxygen atoms in total. The molecular formula is C17H23N5O. The smallest absolute Gasteiger partial charge is 0.227 e. The normalized spacial score (nSPS) is 18.9. The first-order valence-corrected chi connectivity index (χ1v) is 8.07. The van der Waals surface area contributed by atoms with Crippen LogP contribution in [0.5, 0.6) is 0 Å². The Bertz CT molecular complexity index is 675. The molecule has 1 aliphatic rings. The van der Waals surface area contributed by atoms with Crippen molar-refractivity contribution in [2.75, 3.05) is 13.1 Å². The van der Waals surface area contributed by atoms with E-state index in [0.717, 1.165) is 36.5 Å². The molecule has 0 radical (unpaired) electrons. The van der Waals surface area contributed by atoms with E-state index in [1.54, 1.807) is 18.6 Å². The van der Waals surface area contributed by atoms with Crippen molar-refractivity contribution < 1.29 is 4.79 Å². The number of piperidine rings is 1. The highest BCUT2D eigenvalue weighted by Crippen LogP contribution is 2.32. The van der Waals surface area contributed by atoms with E-state index >= 15 is 0 Å². The maximum absolute atomic E-state index is 12.6. The number of aromatic nitrogens is 4. The van der Waals surface area contributed by atoms with Gasteiger partial charge in [-0.15, -0.1) is 0 Å². The van der Waals surface area contributed by atoms with Gasteiger partial charge in [0.05, 0.1) is 11.4 Å². The average molecular weight is 313 g/mol. The Morgan fingerprint density at radius 2 is 2.04 bits per heavy atom. The lowest BCUT2D eigenvalue weighted by atomic mass is 9.89. The summed E-state index contributed by atoms with van der Waals surface area (Å²) >= 11 is 0. The molecule has 2 aromatic rings. The predicted molar refractivity (Wildman–Crippen MR) is 87.6 cm³/mol. The molecule has 1 unspecified atom stereocenters. The van der Waals surface area contributed by atoms with Gasteiger partial charge >= 0.3 is 0 Å². The fourth-order valence-electron chi connectivity index (χ4n) is 3.10. The molecule has 0 spiro atoms. The molecule has 0 saturated carbocycles. The maximum Gasteiger partial charge on any atom is 0.227 e. The number of hydrogen-bond donors (Lipinski definition) is 1. The van der Waals surface area contributed by atoms with E-state index in [1.165, 1.54) is 0 Å². The summed E-state index contributed by atoms with van der Waals surface area (Å²) in [4.78, 5) is 23.6. The van der Waals surface area contributed by atoms with Crippen LogP contribution in [-0.2, 0) is 4.79 Å². The molecule has 1 N–H and O–H groups in total. The average Bonchev–Trinajstić information content (AvgIpc) is 3.08. The van der Waals surface area contributed by atoms with Crippen LogP contribution in [0.4, 0.5) is 0 Å². The molecule has 1 aliphatic heterocycles. The number of hydrogen-bond acceptors (Lipinski definition) is 4. The highest BCUT2D eigenvalue weighted by Gasteiger charge is 2.33. The molecular weight excluding hydrogens is 290 g/mol. The van der Waals surface area contributed by atoms with Crippen molar-refractivity contribution >= 4 is 5.91 Å². The van der Waals surface area contributed by atoms with Crippen LogP contribution in [0.2, 0.25) is 0 Å². The molecule has 1 amide bonds. The van der Waals surface area contributed by atoms with Gasteiger partial charge in [0.1, 0.15) is 5.69 Å². The van der Waals surface area contributed by atoms with Crippen LogP contribution in [0.3, 0.4) is 0 Å². The highest BCUT2D eigenvalue weighted by atomic mass is 16.2. The van der Waals surface area contributed by atoms with Gasteiger partial charge in [0.25, 0.3) is 0 Å². The van der Waals surface area contributed by atoms with Crippen LogP contribution < -0.4 is 0 Å². The first kappa shape index (κ1) is 15.6. The fraction of sp³-hybridized carbons (Fsp3) is 0.529. The zero-order valence-corrected chi connectivity index (χ0v) is 13.9. The van der Waals surface area contributed by atoms with Crippen LogP contribution in [-0.4, -0.2) is 44.1 Å². The van der Waals surface area contributed by atoms with Gasteiger partial charge in [0.2, 0.25) is 5.91 Å². The summed E-state index contributed by atoms with van der Waals surface area (Å²) in [5.74, 6) is 0.413. The number of likely N-dealkylation sites (tertiary alicyclic amines) is 1. The molecule has 122 valence electrons. The van der Waals surface area contributed by atoms with Gasteiger partial charge in [-0.05, 0) is 18.9 Å². The van der Waals surface area contributed by atoms with Crippen LogP contribution in [0, 0.1) is 5.41 Å². The Morgan fingerprint density at radius 1 is 1.26 bits per heavy atom. The second-order valence-electron chi connectivity index (χ2n) is 7.10. The van der Waals surface area contributed by atoms with Gasteiger partial charge < -0.3 is 4.90 Å². The van der Waals surface area contributed by atoms with Gasteiger partial charge in [0, 0.05) is 43.0 Å². The Hall–Kier alpha value is -2.24. The van der Waals surface area contributed by atoms with Crippen molar-refractivity contribution in [2.24, 2.45) is 5.41 Å². The summed E-state index contributed by atoms with van der Waals surface area (Å²) in [5, 5.41) is 6.96. The quantitative estimate of drug-likeness (QED) is 0.925. The van der Waals surface area contributed by atoms with Gasteiger partial charge in [-0.3, -0.25) is 19.9 Å². The molecule has 1 saturated heterocycles. The zero-order chi connectivity index (χ0) is 16.4. The minimum atomic E-state index is -0.351. The van der Waals surface area contributed by atoms with Crippen LogP contribution in [0.15, 0.2) is 24.7 Å². The number of aromatic amines is 1. The Balaban J connectivity index is 1.87. The van der Waals surface area contributed by atoms with E-state index < -0.39 is 0 Å². The zero-order valence-electron chi connectivity index (χ0n) is 13.9. The lowest BCUT2D eigenvalue weighted by molar-refractivity contribution is -0.140. The second kappa shape index (κ2) is 6.10. The van der Waals surface area contributed by atoms with Gasteiger partial charge in [-0.25, -0.2) is 0 Å². The molecule has 1 atom stereocenters. The fourth-order valence-corrected chi connectivity index (χ4v) is 3.10. The van der Waals surface area contributed by atoms with E-state index in [1.807, 2.05) is 31.7 Å². The summed E-state index contributed by atoms with van der Waals surface area (Å²) in [6.45, 7) is 7.44. The summed E-state index contributed by atoms with van der Waals surface area (Å²) in [7, 11) is 0. The van der Waals surface area contributed by atoms with Crippen LogP contribution in [0.1, 0.15) is 45.2 Å². The van der Waals surface area contributed by atoms with Crippen LogP contribution >= 0.6 is 0 Å². The highest BCUT2D eigenvalue weighted by molar-refractivity contribution is 5.81. The molecule has 2 aromatic heterocycles. The summed E-state index contributed by atoms with van der Waals surface area (Å²) < 4.78 is 0. The van der Waals surface area contributed by atoms with Crippen molar-refractivity contribution in [2.45, 2.75) is 39.5 Å². The monoisotopic (exact) mass is 313 g/mol. The Morgan fingerprint density at radius 3 is 2.74 bits per heavy atom. The minimum Gasteiger partial charge on any atom is -0.342 e. The number of H-pyrrole nitrogens is 1. The number of amides is 1. The molecule has 0 aromatic carbocycles. The maximum atomic E-state index is 12.6. The predicted octanol–water partition coefficient (Wildman–Crippen LogP) is 2.62. The number of carbonyl (C=O) groups is 1. The Labute approximate surface area is 136 Å². The second-order valence-corrected chi connectivity index (χ2v) is 7.10. The molecule has 23 heavy (non-hydrogen) atoms. The van der Waals surface area contributed by atoms with Gasteiger partial charge in [-0.2, -0.15) is 5.10 Å². The number of carbonyl (C=O) groups excluding carboxylic acids is 1. The minimum absolute atomic E-state index is 0.203. The van der Waals surface area contributed by atoms with Crippen molar-refractivity contribution in [1.29, 1.82) is 0 Å². The SMILES string of the molecule is CC(C)(C)C(=O)N1CCCC(c2nccnc2-c2ccn[nH]2)C1. The first-order valence-electron chi connectivity index (χ1n) is 8.07. The third kappa shape index (κ3) is 3.25. The van der Waals surface area contributed by atoms with E-state index in [4.69, 9.17) is 0 Å². The summed E-state index contributed by atoms with van der Waals surface area (Å²) in [5.41, 5.74) is 2.30. The van der Waals surface area contributed by atoms with Crippen molar-refractivity contribution in [3.63, 3.8) is 0 Å².